The Kier molecular flexibility index (Phi) is 3.35. The molecule has 18 heavy (non-hydrogen) atoms. The van der Waals surface area contributed by atoms with Crippen molar-refractivity contribution < 1.29 is 0 Å². The second kappa shape index (κ2) is 4.97. The van der Waals surface area contributed by atoms with Crippen molar-refractivity contribution in [2.45, 2.75) is 45.1 Å². The Morgan fingerprint density at radius 3 is 3.00 bits per heavy atom. The van der Waals surface area contributed by atoms with Crippen LogP contribution < -0.4 is 5.32 Å². The van der Waals surface area contributed by atoms with E-state index in [0.29, 0.717) is 12.0 Å². The van der Waals surface area contributed by atoms with E-state index in [-0.39, 0.29) is 0 Å². The van der Waals surface area contributed by atoms with Crippen LogP contribution in [0.2, 0.25) is 0 Å². The van der Waals surface area contributed by atoms with Crippen molar-refractivity contribution in [1.29, 1.82) is 0 Å². The number of nitrogens with one attached hydrogen (secondary N) is 1. The molecule has 1 aliphatic carbocycles. The molecule has 3 nitrogen and oxygen atoms in total. The second-order valence-electron chi connectivity index (χ2n) is 4.83. The highest BCUT2D eigenvalue weighted by Crippen LogP contribution is 2.45. The third-order valence-electron chi connectivity index (χ3n) is 3.28. The zero-order valence-corrected chi connectivity index (χ0v) is 12.3. The Bertz CT molecular complexity index is 528. The van der Waals surface area contributed by atoms with Crippen LogP contribution in [-0.2, 0) is 0 Å². The number of nitrogens with zero attached hydrogens (tertiary/aromatic N) is 2. The van der Waals surface area contributed by atoms with Gasteiger partial charge < -0.3 is 5.32 Å². The first-order valence-corrected chi connectivity index (χ1v) is 8.19. The van der Waals surface area contributed by atoms with E-state index in [9.17, 15) is 0 Å². The normalized spacial score (nSPS) is 16.8. The van der Waals surface area contributed by atoms with Crippen molar-refractivity contribution in [1.82, 2.24) is 9.97 Å². The fourth-order valence-electron chi connectivity index (χ4n) is 1.85. The summed E-state index contributed by atoms with van der Waals surface area (Å²) in [4.78, 5) is 10.5. The predicted octanol–water partition coefficient (Wildman–Crippen LogP) is 4.35. The zero-order valence-electron chi connectivity index (χ0n) is 10.6. The fourth-order valence-corrected chi connectivity index (χ4v) is 3.58. The maximum atomic E-state index is 4.69. The Hall–Kier alpha value is -0.940. The maximum Gasteiger partial charge on any atom is 0.183 e. The minimum absolute atomic E-state index is 0.480. The lowest BCUT2D eigenvalue weighted by Crippen LogP contribution is -2.12. The lowest BCUT2D eigenvalue weighted by molar-refractivity contribution is 0.763. The summed E-state index contributed by atoms with van der Waals surface area (Å²) in [7, 11) is 0. The first kappa shape index (κ1) is 12.1. The van der Waals surface area contributed by atoms with Gasteiger partial charge in [-0.1, -0.05) is 6.92 Å². The van der Waals surface area contributed by atoms with E-state index in [0.717, 1.165) is 17.2 Å². The smallest absolute Gasteiger partial charge is 0.183 e. The quantitative estimate of drug-likeness (QED) is 0.884. The van der Waals surface area contributed by atoms with Gasteiger partial charge >= 0.3 is 0 Å². The number of hydrogen-bond donors (Lipinski definition) is 1. The fraction of sp³-hybridized carbons (Fsp3) is 0.538. The van der Waals surface area contributed by atoms with Crippen molar-refractivity contribution in [3.63, 3.8) is 0 Å². The van der Waals surface area contributed by atoms with E-state index < -0.39 is 0 Å². The molecule has 0 saturated heterocycles. The summed E-state index contributed by atoms with van der Waals surface area (Å²) in [5.74, 6) is 0.693. The monoisotopic (exact) mass is 279 g/mol. The average Bonchev–Trinajstić information content (AvgIpc) is 2.92. The van der Waals surface area contributed by atoms with E-state index in [1.165, 1.54) is 23.4 Å². The van der Waals surface area contributed by atoms with Crippen LogP contribution >= 0.6 is 22.7 Å². The van der Waals surface area contributed by atoms with E-state index in [1.54, 1.807) is 22.7 Å². The van der Waals surface area contributed by atoms with Gasteiger partial charge in [0.25, 0.3) is 0 Å². The summed E-state index contributed by atoms with van der Waals surface area (Å²) in [6.07, 6.45) is 3.69. The van der Waals surface area contributed by atoms with Gasteiger partial charge in [-0.25, -0.2) is 9.97 Å². The molecular weight excluding hydrogens is 262 g/mol. The van der Waals surface area contributed by atoms with Crippen LogP contribution in [0.1, 0.15) is 44.7 Å². The van der Waals surface area contributed by atoms with Crippen molar-refractivity contribution in [3.05, 3.63) is 16.6 Å². The molecule has 2 aromatic rings. The molecule has 0 bridgehead atoms. The van der Waals surface area contributed by atoms with Gasteiger partial charge in [-0.3, -0.25) is 0 Å². The standard InChI is InChI=1S/C13H17N3S2/c1-3-8(2)15-13-16-10(6-17-13)12-11(9-4-5-9)14-7-18-12/h6-9H,3-5H2,1-2H3,(H,15,16). The van der Waals surface area contributed by atoms with Gasteiger partial charge in [0.05, 0.1) is 21.8 Å². The summed E-state index contributed by atoms with van der Waals surface area (Å²) in [6.45, 7) is 4.37. The first-order valence-electron chi connectivity index (χ1n) is 6.43. The van der Waals surface area contributed by atoms with Gasteiger partial charge in [-0.2, -0.15) is 0 Å². The van der Waals surface area contributed by atoms with E-state index in [2.05, 4.69) is 34.5 Å². The van der Waals surface area contributed by atoms with E-state index >= 15 is 0 Å². The molecule has 0 aromatic carbocycles. The largest absolute Gasteiger partial charge is 0.359 e. The summed E-state index contributed by atoms with van der Waals surface area (Å²) < 4.78 is 0. The van der Waals surface area contributed by atoms with Gasteiger partial charge in [0.1, 0.15) is 0 Å². The van der Waals surface area contributed by atoms with Crippen LogP contribution in [0.3, 0.4) is 0 Å². The summed E-state index contributed by atoms with van der Waals surface area (Å²) in [5, 5.41) is 6.60. The zero-order chi connectivity index (χ0) is 12.5. The molecule has 2 heterocycles. The van der Waals surface area contributed by atoms with Crippen LogP contribution in [0.15, 0.2) is 10.9 Å². The maximum absolute atomic E-state index is 4.69. The highest BCUT2D eigenvalue weighted by Gasteiger charge is 2.29. The molecule has 1 atom stereocenters. The number of hydrogen-bond acceptors (Lipinski definition) is 5. The Morgan fingerprint density at radius 2 is 2.28 bits per heavy atom. The van der Waals surface area contributed by atoms with Crippen molar-refractivity contribution >= 4 is 27.8 Å². The molecular formula is C13H17N3S2. The SMILES string of the molecule is CCC(C)Nc1nc(-c2scnc2C2CC2)cs1. The average molecular weight is 279 g/mol. The number of anilines is 1. The molecule has 96 valence electrons. The topological polar surface area (TPSA) is 37.8 Å². The van der Waals surface area contributed by atoms with Crippen LogP contribution in [0.25, 0.3) is 10.6 Å². The second-order valence-corrected chi connectivity index (χ2v) is 6.55. The Balaban J connectivity index is 1.81. The van der Waals surface area contributed by atoms with Crippen LogP contribution in [0.5, 0.6) is 0 Å². The molecule has 0 radical (unpaired) electrons. The van der Waals surface area contributed by atoms with Crippen molar-refractivity contribution in [2.24, 2.45) is 0 Å². The minimum atomic E-state index is 0.480. The molecule has 1 fully saturated rings. The molecule has 0 amide bonds. The molecule has 2 aromatic heterocycles. The van der Waals surface area contributed by atoms with Gasteiger partial charge in [0, 0.05) is 17.3 Å². The molecule has 5 heteroatoms. The molecule has 1 saturated carbocycles. The molecule has 1 aliphatic rings. The van der Waals surface area contributed by atoms with E-state index in [4.69, 9.17) is 0 Å². The van der Waals surface area contributed by atoms with Crippen molar-refractivity contribution in [2.75, 3.05) is 5.32 Å². The molecule has 3 rings (SSSR count). The predicted molar refractivity (Wildman–Crippen MR) is 78.6 cm³/mol. The lowest BCUT2D eigenvalue weighted by Gasteiger charge is -2.08. The van der Waals surface area contributed by atoms with Gasteiger partial charge in [-0.15, -0.1) is 22.7 Å². The molecule has 0 spiro atoms. The number of aromatic nitrogens is 2. The van der Waals surface area contributed by atoms with Gasteiger partial charge in [-0.05, 0) is 26.2 Å². The van der Waals surface area contributed by atoms with Crippen LogP contribution in [-0.4, -0.2) is 16.0 Å². The molecule has 0 aliphatic heterocycles. The van der Waals surface area contributed by atoms with E-state index in [1.807, 2.05) is 5.51 Å². The Morgan fingerprint density at radius 1 is 1.44 bits per heavy atom. The van der Waals surface area contributed by atoms with Crippen molar-refractivity contribution in [3.8, 4) is 10.6 Å². The summed E-state index contributed by atoms with van der Waals surface area (Å²) >= 11 is 3.40. The highest BCUT2D eigenvalue weighted by atomic mass is 32.1. The summed E-state index contributed by atoms with van der Waals surface area (Å²) in [5.41, 5.74) is 4.31. The number of rotatable bonds is 5. The third kappa shape index (κ3) is 2.42. The van der Waals surface area contributed by atoms with Gasteiger partial charge in [0.15, 0.2) is 5.13 Å². The van der Waals surface area contributed by atoms with Gasteiger partial charge in [0.2, 0.25) is 0 Å². The lowest BCUT2D eigenvalue weighted by atomic mass is 10.2. The minimum Gasteiger partial charge on any atom is -0.359 e. The third-order valence-corrected chi connectivity index (χ3v) is 4.92. The molecule has 1 unspecified atom stereocenters. The first-order chi connectivity index (χ1) is 8.78. The van der Waals surface area contributed by atoms with Crippen LogP contribution in [0.4, 0.5) is 5.13 Å². The number of thiazole rings is 2. The van der Waals surface area contributed by atoms with Crippen LogP contribution in [0, 0.1) is 0 Å². The molecule has 1 N–H and O–H groups in total. The highest BCUT2D eigenvalue weighted by molar-refractivity contribution is 7.15. The Labute approximate surface area is 115 Å². The summed E-state index contributed by atoms with van der Waals surface area (Å²) in [6, 6.07) is 0.480.